The van der Waals surface area contributed by atoms with Crippen LogP contribution in [0.5, 0.6) is 0 Å². The van der Waals surface area contributed by atoms with E-state index >= 15 is 0 Å². The van der Waals surface area contributed by atoms with E-state index in [9.17, 15) is 27.2 Å². The molecule has 4 aromatic rings. The summed E-state index contributed by atoms with van der Waals surface area (Å²) < 4.78 is 59.6. The van der Waals surface area contributed by atoms with Crippen LogP contribution in [-0.2, 0) is 25.8 Å². The van der Waals surface area contributed by atoms with Crippen LogP contribution in [0.2, 0.25) is 0 Å². The SMILES string of the molecule is CCCN(Cc1cccn1Cc1ccc(C(=O)NCc2cccc(C(F)(F)F)c2)o1)C(=O)c1ccc(F)cc1. The van der Waals surface area contributed by atoms with Gasteiger partial charge in [0.05, 0.1) is 18.7 Å². The number of carbonyl (C=O) groups excluding carboxylic acids is 2. The zero-order chi connectivity index (χ0) is 28.0. The van der Waals surface area contributed by atoms with E-state index in [-0.39, 0.29) is 18.2 Å². The number of nitrogens with zero attached hydrogens (tertiary/aromatic N) is 2. The molecule has 0 spiro atoms. The number of furan rings is 1. The van der Waals surface area contributed by atoms with E-state index in [1.807, 2.05) is 29.8 Å². The molecule has 4 rings (SSSR count). The highest BCUT2D eigenvalue weighted by Gasteiger charge is 2.30. The van der Waals surface area contributed by atoms with E-state index in [0.29, 0.717) is 36.5 Å². The summed E-state index contributed by atoms with van der Waals surface area (Å²) in [4.78, 5) is 27.2. The van der Waals surface area contributed by atoms with Gasteiger partial charge in [0.2, 0.25) is 0 Å². The quantitative estimate of drug-likeness (QED) is 0.241. The lowest BCUT2D eigenvalue weighted by atomic mass is 10.1. The molecule has 2 heterocycles. The topological polar surface area (TPSA) is 67.5 Å². The van der Waals surface area contributed by atoms with Gasteiger partial charge in [-0.2, -0.15) is 13.2 Å². The number of rotatable bonds is 10. The van der Waals surface area contributed by atoms with Crippen molar-refractivity contribution in [2.24, 2.45) is 0 Å². The van der Waals surface area contributed by atoms with Crippen molar-refractivity contribution in [3.63, 3.8) is 0 Å². The number of halogens is 4. The zero-order valence-corrected chi connectivity index (χ0v) is 21.2. The first kappa shape index (κ1) is 27.7. The third kappa shape index (κ3) is 7.16. The molecule has 39 heavy (non-hydrogen) atoms. The number of benzene rings is 2. The van der Waals surface area contributed by atoms with Gasteiger partial charge < -0.3 is 19.2 Å². The monoisotopic (exact) mass is 541 g/mol. The summed E-state index contributed by atoms with van der Waals surface area (Å²) in [5, 5.41) is 2.57. The van der Waals surface area contributed by atoms with E-state index in [0.717, 1.165) is 24.2 Å². The Bertz CT molecular complexity index is 1420. The predicted octanol–water partition coefficient (Wildman–Crippen LogP) is 6.27. The fourth-order valence-corrected chi connectivity index (χ4v) is 4.12. The fourth-order valence-electron chi connectivity index (χ4n) is 4.12. The second-order valence-electron chi connectivity index (χ2n) is 9.01. The molecule has 0 aliphatic carbocycles. The summed E-state index contributed by atoms with van der Waals surface area (Å²) in [5.41, 5.74) is 0.767. The van der Waals surface area contributed by atoms with Crippen LogP contribution in [0, 0.1) is 5.82 Å². The number of carbonyl (C=O) groups is 2. The highest BCUT2D eigenvalue weighted by Crippen LogP contribution is 2.29. The summed E-state index contributed by atoms with van der Waals surface area (Å²) in [5.74, 6) is -0.647. The lowest BCUT2D eigenvalue weighted by Crippen LogP contribution is -2.32. The molecule has 2 amide bonds. The molecule has 6 nitrogen and oxygen atoms in total. The average molecular weight is 542 g/mol. The van der Waals surface area contributed by atoms with E-state index in [1.54, 1.807) is 11.0 Å². The molecular weight excluding hydrogens is 514 g/mol. The molecule has 0 saturated carbocycles. The van der Waals surface area contributed by atoms with Crippen LogP contribution < -0.4 is 5.32 Å². The molecule has 1 N–H and O–H groups in total. The van der Waals surface area contributed by atoms with Gasteiger partial charge in [0.15, 0.2) is 5.76 Å². The molecule has 0 unspecified atom stereocenters. The Hall–Kier alpha value is -4.34. The van der Waals surface area contributed by atoms with Crippen LogP contribution in [0.15, 0.2) is 83.4 Å². The van der Waals surface area contributed by atoms with Crippen LogP contribution >= 0.6 is 0 Å². The van der Waals surface area contributed by atoms with Gasteiger partial charge in [-0.3, -0.25) is 9.59 Å². The third-order valence-electron chi connectivity index (χ3n) is 6.07. The molecule has 0 saturated heterocycles. The van der Waals surface area contributed by atoms with Gasteiger partial charge in [-0.1, -0.05) is 19.1 Å². The Kier molecular flexibility index (Phi) is 8.53. The van der Waals surface area contributed by atoms with E-state index < -0.39 is 23.5 Å². The van der Waals surface area contributed by atoms with E-state index in [4.69, 9.17) is 4.42 Å². The van der Waals surface area contributed by atoms with Crippen molar-refractivity contribution in [3.05, 3.63) is 119 Å². The van der Waals surface area contributed by atoms with E-state index in [1.165, 1.54) is 42.5 Å². The number of hydrogen-bond acceptors (Lipinski definition) is 3. The number of alkyl halides is 3. The van der Waals surface area contributed by atoms with Gasteiger partial charge in [0.1, 0.15) is 11.6 Å². The lowest BCUT2D eigenvalue weighted by Gasteiger charge is -2.23. The van der Waals surface area contributed by atoms with Gasteiger partial charge in [0.25, 0.3) is 11.8 Å². The molecule has 0 atom stereocenters. The Balaban J connectivity index is 1.39. The molecule has 2 aromatic heterocycles. The van der Waals surface area contributed by atoms with Crippen molar-refractivity contribution >= 4 is 11.8 Å². The van der Waals surface area contributed by atoms with Gasteiger partial charge in [-0.25, -0.2) is 4.39 Å². The van der Waals surface area contributed by atoms with Crippen molar-refractivity contribution in [1.82, 2.24) is 14.8 Å². The lowest BCUT2D eigenvalue weighted by molar-refractivity contribution is -0.137. The number of hydrogen-bond donors (Lipinski definition) is 1. The molecule has 0 fully saturated rings. The van der Waals surface area contributed by atoms with Crippen LogP contribution in [0.1, 0.15) is 56.8 Å². The Morgan fingerprint density at radius 2 is 1.77 bits per heavy atom. The largest absolute Gasteiger partial charge is 0.454 e. The van der Waals surface area contributed by atoms with Crippen molar-refractivity contribution in [2.45, 2.75) is 39.2 Å². The second kappa shape index (κ2) is 12.0. The Morgan fingerprint density at radius 1 is 1.00 bits per heavy atom. The molecule has 0 aliphatic heterocycles. The smallest absolute Gasteiger partial charge is 0.416 e. The molecule has 10 heteroatoms. The van der Waals surface area contributed by atoms with Gasteiger partial charge in [-0.05, 0) is 72.6 Å². The average Bonchev–Trinajstić information content (AvgIpc) is 3.56. The third-order valence-corrected chi connectivity index (χ3v) is 6.07. The Labute approximate surface area is 222 Å². The maximum atomic E-state index is 13.3. The molecule has 2 aromatic carbocycles. The van der Waals surface area contributed by atoms with Crippen molar-refractivity contribution < 1.29 is 31.6 Å². The number of aromatic nitrogens is 1. The first-order chi connectivity index (χ1) is 18.6. The highest BCUT2D eigenvalue weighted by atomic mass is 19.4. The molecule has 204 valence electrons. The van der Waals surface area contributed by atoms with Crippen molar-refractivity contribution in [2.75, 3.05) is 6.54 Å². The molecule has 0 radical (unpaired) electrons. The van der Waals surface area contributed by atoms with Crippen LogP contribution in [0.25, 0.3) is 0 Å². The highest BCUT2D eigenvalue weighted by molar-refractivity contribution is 5.94. The minimum Gasteiger partial charge on any atom is -0.454 e. The van der Waals surface area contributed by atoms with Crippen LogP contribution in [-0.4, -0.2) is 27.8 Å². The summed E-state index contributed by atoms with van der Waals surface area (Å²) >= 11 is 0. The maximum absolute atomic E-state index is 13.3. The Morgan fingerprint density at radius 3 is 2.49 bits per heavy atom. The minimum atomic E-state index is -4.46. The second-order valence-corrected chi connectivity index (χ2v) is 9.01. The summed E-state index contributed by atoms with van der Waals surface area (Å²) in [6.07, 6.45) is -1.89. The zero-order valence-electron chi connectivity index (χ0n) is 21.2. The van der Waals surface area contributed by atoms with Gasteiger partial charge >= 0.3 is 6.18 Å². The first-order valence-corrected chi connectivity index (χ1v) is 12.4. The predicted molar refractivity (Wildman–Crippen MR) is 136 cm³/mol. The van der Waals surface area contributed by atoms with Crippen LogP contribution in [0.3, 0.4) is 0 Å². The molecular formula is C29H27F4N3O3. The molecule has 0 bridgehead atoms. The summed E-state index contributed by atoms with van der Waals surface area (Å²) in [6, 6.07) is 17.1. The van der Waals surface area contributed by atoms with Gasteiger partial charge in [0, 0.05) is 30.5 Å². The first-order valence-electron chi connectivity index (χ1n) is 12.4. The van der Waals surface area contributed by atoms with Gasteiger partial charge in [-0.15, -0.1) is 0 Å². The number of nitrogens with one attached hydrogen (secondary N) is 1. The maximum Gasteiger partial charge on any atom is 0.416 e. The summed E-state index contributed by atoms with van der Waals surface area (Å²) in [7, 11) is 0. The van der Waals surface area contributed by atoms with Crippen molar-refractivity contribution in [3.8, 4) is 0 Å². The number of amides is 2. The minimum absolute atomic E-state index is 0.0322. The summed E-state index contributed by atoms with van der Waals surface area (Å²) in [6.45, 7) is 3.01. The van der Waals surface area contributed by atoms with Crippen molar-refractivity contribution in [1.29, 1.82) is 0 Å². The van der Waals surface area contributed by atoms with E-state index in [2.05, 4.69) is 5.32 Å². The normalized spacial score (nSPS) is 11.4. The molecule has 0 aliphatic rings. The van der Waals surface area contributed by atoms with Crippen LogP contribution in [0.4, 0.5) is 17.6 Å². The fraction of sp³-hybridized carbons (Fsp3) is 0.241. The standard InChI is InChI=1S/C29H27F4N3O3/c1-2-14-36(28(38)21-8-10-23(30)11-9-21)18-24-7-4-15-35(24)19-25-12-13-26(39-25)27(37)34-17-20-5-3-6-22(16-20)29(31,32)33/h3-13,15-16H,2,14,17-19H2,1H3,(H,34,37).